The fourth-order valence-corrected chi connectivity index (χ4v) is 1.95. The van der Waals surface area contributed by atoms with Gasteiger partial charge in [0.1, 0.15) is 17.3 Å². The summed E-state index contributed by atoms with van der Waals surface area (Å²) in [7, 11) is 0. The molecule has 0 bridgehead atoms. The maximum Gasteiger partial charge on any atom is 0.249 e. The number of aromatic nitrogens is 3. The van der Waals surface area contributed by atoms with Crippen molar-refractivity contribution in [1.29, 1.82) is 0 Å². The molecule has 116 valence electrons. The summed E-state index contributed by atoms with van der Waals surface area (Å²) in [6.45, 7) is 0. The quantitative estimate of drug-likeness (QED) is 0.745. The lowest BCUT2D eigenvalue weighted by molar-refractivity contribution is 0.590. The molecule has 0 saturated carbocycles. The molecule has 23 heavy (non-hydrogen) atoms. The van der Waals surface area contributed by atoms with E-state index < -0.39 is 11.6 Å². The molecule has 1 aromatic heterocycles. The lowest BCUT2D eigenvalue weighted by Crippen LogP contribution is -2.04. The number of para-hydroxylation sites is 1. The Labute approximate surface area is 135 Å². The first-order chi connectivity index (χ1) is 11.1. The molecular weight excluding hydrogens is 324 g/mol. The van der Waals surface area contributed by atoms with Gasteiger partial charge in [-0.1, -0.05) is 17.7 Å². The Bertz CT molecular complexity index is 806. The summed E-state index contributed by atoms with van der Waals surface area (Å²) in [5, 5.41) is 13.6. The molecule has 1 heterocycles. The van der Waals surface area contributed by atoms with Crippen LogP contribution in [0.15, 0.2) is 48.7 Å². The number of halogens is 3. The molecule has 0 fully saturated rings. The van der Waals surface area contributed by atoms with Gasteiger partial charge in [0.05, 0.1) is 6.20 Å². The summed E-state index contributed by atoms with van der Waals surface area (Å²) < 4.78 is 27.3. The first-order valence-corrected chi connectivity index (χ1v) is 6.93. The van der Waals surface area contributed by atoms with Crippen LogP contribution in [0.2, 0.25) is 5.02 Å². The summed E-state index contributed by atoms with van der Waals surface area (Å²) in [4.78, 5) is 4.11. The predicted molar refractivity (Wildman–Crippen MR) is 84.2 cm³/mol. The molecule has 0 saturated heterocycles. The van der Waals surface area contributed by atoms with E-state index in [4.69, 9.17) is 11.6 Å². The molecule has 0 atom stereocenters. The van der Waals surface area contributed by atoms with Crippen LogP contribution in [0, 0.1) is 11.6 Å². The largest absolute Gasteiger partial charge is 0.334 e. The zero-order valence-electron chi connectivity index (χ0n) is 11.6. The number of hydrogen-bond acceptors (Lipinski definition) is 5. The van der Waals surface area contributed by atoms with Crippen molar-refractivity contribution in [3.05, 3.63) is 65.3 Å². The molecule has 8 heteroatoms. The standard InChI is InChI=1S/C15H10ClF2N5/c16-9-4-6-10(7-5-9)20-15-22-13(8-19-23-15)21-14-11(17)2-1-3-12(14)18/h1-8H,(H2,20,21,22,23). The van der Waals surface area contributed by atoms with Crippen LogP contribution >= 0.6 is 11.6 Å². The lowest BCUT2D eigenvalue weighted by atomic mass is 10.3. The Morgan fingerprint density at radius 2 is 1.61 bits per heavy atom. The van der Waals surface area contributed by atoms with E-state index in [-0.39, 0.29) is 17.5 Å². The molecule has 0 aliphatic carbocycles. The van der Waals surface area contributed by atoms with E-state index >= 15 is 0 Å². The molecule has 0 spiro atoms. The summed E-state index contributed by atoms with van der Waals surface area (Å²) in [5.74, 6) is -1.12. The van der Waals surface area contributed by atoms with Gasteiger partial charge in [-0.05, 0) is 36.4 Å². The van der Waals surface area contributed by atoms with Crippen LogP contribution in [-0.2, 0) is 0 Å². The molecule has 0 unspecified atom stereocenters. The van der Waals surface area contributed by atoms with Gasteiger partial charge in [0.25, 0.3) is 0 Å². The number of benzene rings is 2. The van der Waals surface area contributed by atoms with Crippen molar-refractivity contribution in [1.82, 2.24) is 15.2 Å². The minimum atomic E-state index is -0.726. The fraction of sp³-hybridized carbons (Fsp3) is 0. The predicted octanol–water partition coefficient (Wildman–Crippen LogP) is 4.29. The summed E-state index contributed by atoms with van der Waals surface area (Å²) in [5.41, 5.74) is 0.399. The molecule has 0 aliphatic heterocycles. The van der Waals surface area contributed by atoms with E-state index in [1.807, 2.05) is 0 Å². The maximum absolute atomic E-state index is 13.6. The van der Waals surface area contributed by atoms with Crippen LogP contribution < -0.4 is 10.6 Å². The molecule has 0 aliphatic rings. The summed E-state index contributed by atoms with van der Waals surface area (Å²) in [6, 6.07) is 10.5. The van der Waals surface area contributed by atoms with Gasteiger partial charge in [0.15, 0.2) is 5.82 Å². The van der Waals surface area contributed by atoms with Gasteiger partial charge < -0.3 is 10.6 Å². The summed E-state index contributed by atoms with van der Waals surface area (Å²) >= 11 is 5.81. The number of rotatable bonds is 4. The SMILES string of the molecule is Fc1cccc(F)c1Nc1cnnc(Nc2ccc(Cl)cc2)n1. The topological polar surface area (TPSA) is 62.7 Å². The van der Waals surface area contributed by atoms with Gasteiger partial charge in [-0.15, -0.1) is 5.10 Å². The van der Waals surface area contributed by atoms with Crippen molar-refractivity contribution < 1.29 is 8.78 Å². The van der Waals surface area contributed by atoms with E-state index in [0.29, 0.717) is 10.7 Å². The highest BCUT2D eigenvalue weighted by molar-refractivity contribution is 6.30. The Kier molecular flexibility index (Phi) is 4.29. The number of nitrogens with zero attached hydrogens (tertiary/aromatic N) is 3. The molecule has 3 aromatic rings. The molecular formula is C15H10ClF2N5. The number of nitrogens with one attached hydrogen (secondary N) is 2. The van der Waals surface area contributed by atoms with Gasteiger partial charge in [0.2, 0.25) is 5.95 Å². The highest BCUT2D eigenvalue weighted by Crippen LogP contribution is 2.22. The fourth-order valence-electron chi connectivity index (χ4n) is 1.82. The maximum atomic E-state index is 13.6. The van der Waals surface area contributed by atoms with Crippen LogP contribution in [-0.4, -0.2) is 15.2 Å². The van der Waals surface area contributed by atoms with Crippen LogP contribution in [0.25, 0.3) is 0 Å². The number of anilines is 4. The number of hydrogen-bond donors (Lipinski definition) is 2. The van der Waals surface area contributed by atoms with Crippen molar-refractivity contribution in [3.8, 4) is 0 Å². The van der Waals surface area contributed by atoms with E-state index in [9.17, 15) is 8.78 Å². The Morgan fingerprint density at radius 1 is 0.913 bits per heavy atom. The third kappa shape index (κ3) is 3.70. The molecule has 2 aromatic carbocycles. The van der Waals surface area contributed by atoms with E-state index in [2.05, 4.69) is 25.8 Å². The first-order valence-electron chi connectivity index (χ1n) is 6.55. The molecule has 3 rings (SSSR count). The first kappa shape index (κ1) is 15.1. The Balaban J connectivity index is 1.81. The monoisotopic (exact) mass is 333 g/mol. The zero-order valence-corrected chi connectivity index (χ0v) is 12.4. The van der Waals surface area contributed by atoms with Crippen LogP contribution in [0.3, 0.4) is 0 Å². The highest BCUT2D eigenvalue weighted by Gasteiger charge is 2.10. The van der Waals surface area contributed by atoms with Crippen LogP contribution in [0.4, 0.5) is 31.9 Å². The third-order valence-corrected chi connectivity index (χ3v) is 3.13. The minimum absolute atomic E-state index is 0.153. The van der Waals surface area contributed by atoms with Crippen molar-refractivity contribution in [2.75, 3.05) is 10.6 Å². The van der Waals surface area contributed by atoms with Crippen molar-refractivity contribution >= 4 is 34.7 Å². The van der Waals surface area contributed by atoms with Gasteiger partial charge in [-0.2, -0.15) is 10.1 Å². The van der Waals surface area contributed by atoms with Gasteiger partial charge in [-0.25, -0.2) is 8.78 Å². The van der Waals surface area contributed by atoms with Crippen molar-refractivity contribution in [2.24, 2.45) is 0 Å². The van der Waals surface area contributed by atoms with Gasteiger partial charge in [-0.3, -0.25) is 0 Å². The van der Waals surface area contributed by atoms with Crippen molar-refractivity contribution in [3.63, 3.8) is 0 Å². The average Bonchev–Trinajstić information content (AvgIpc) is 2.54. The van der Waals surface area contributed by atoms with Gasteiger partial charge >= 0.3 is 0 Å². The summed E-state index contributed by atoms with van der Waals surface area (Å²) in [6.07, 6.45) is 1.26. The second-order valence-electron chi connectivity index (χ2n) is 4.52. The Morgan fingerprint density at radius 3 is 2.30 bits per heavy atom. The normalized spacial score (nSPS) is 10.4. The van der Waals surface area contributed by atoms with Crippen molar-refractivity contribution in [2.45, 2.75) is 0 Å². The molecule has 5 nitrogen and oxygen atoms in total. The third-order valence-electron chi connectivity index (χ3n) is 2.88. The smallest absolute Gasteiger partial charge is 0.249 e. The van der Waals surface area contributed by atoms with E-state index in [1.54, 1.807) is 24.3 Å². The molecule has 0 radical (unpaired) electrons. The Hall–Kier alpha value is -2.80. The molecule has 0 amide bonds. The second-order valence-corrected chi connectivity index (χ2v) is 4.96. The molecule has 2 N–H and O–H groups in total. The van der Waals surface area contributed by atoms with Crippen LogP contribution in [0.5, 0.6) is 0 Å². The highest BCUT2D eigenvalue weighted by atomic mass is 35.5. The van der Waals surface area contributed by atoms with E-state index in [1.165, 1.54) is 12.3 Å². The minimum Gasteiger partial charge on any atom is -0.334 e. The van der Waals surface area contributed by atoms with Gasteiger partial charge in [0, 0.05) is 10.7 Å². The average molecular weight is 334 g/mol. The van der Waals surface area contributed by atoms with E-state index in [0.717, 1.165) is 12.1 Å². The lowest BCUT2D eigenvalue weighted by Gasteiger charge is -2.09. The van der Waals surface area contributed by atoms with Crippen LogP contribution in [0.1, 0.15) is 0 Å². The second kappa shape index (κ2) is 6.53. The zero-order chi connectivity index (χ0) is 16.2.